The number of rotatable bonds is 6. The molecule has 3 amide bonds. The van der Waals surface area contributed by atoms with Gasteiger partial charge in [0.15, 0.2) is 0 Å². The molecule has 1 atom stereocenters. The van der Waals surface area contributed by atoms with Gasteiger partial charge >= 0.3 is 6.03 Å². The van der Waals surface area contributed by atoms with E-state index < -0.39 is 0 Å². The molecule has 0 radical (unpaired) electrons. The van der Waals surface area contributed by atoms with Crippen molar-refractivity contribution in [1.29, 1.82) is 0 Å². The first kappa shape index (κ1) is 17.0. The van der Waals surface area contributed by atoms with Crippen molar-refractivity contribution in [2.75, 3.05) is 25.5 Å². The number of likely N-dealkylation sites (N-methyl/N-ethyl adjacent to an activating group) is 1. The first-order valence-corrected chi connectivity index (χ1v) is 7.10. The quantitative estimate of drug-likeness (QED) is 0.745. The molecule has 0 aliphatic carbocycles. The van der Waals surface area contributed by atoms with Gasteiger partial charge in [0, 0.05) is 25.3 Å². The fourth-order valence-electron chi connectivity index (χ4n) is 1.85. The Bertz CT molecular complexity index is 471. The lowest BCUT2D eigenvalue weighted by Gasteiger charge is -2.21. The van der Waals surface area contributed by atoms with Crippen molar-refractivity contribution in [3.05, 3.63) is 29.8 Å². The molecule has 0 bridgehead atoms. The second-order valence-electron chi connectivity index (χ2n) is 4.94. The molecule has 116 valence electrons. The third kappa shape index (κ3) is 5.43. The Morgan fingerprint density at radius 3 is 2.38 bits per heavy atom. The standard InChI is InChI=1S/C15H24N4O2/c1-4-9-19(10-14(20)17-3)15(21)18-13-7-5-12(6-8-13)11(2)16/h5-8,11H,4,9-10,16H2,1-3H3,(H,17,20)(H,18,21). The van der Waals surface area contributed by atoms with E-state index in [4.69, 9.17) is 5.73 Å². The van der Waals surface area contributed by atoms with E-state index in [1.165, 1.54) is 4.90 Å². The third-order valence-corrected chi connectivity index (χ3v) is 3.08. The average Bonchev–Trinajstić information content (AvgIpc) is 2.47. The lowest BCUT2D eigenvalue weighted by molar-refractivity contribution is -0.121. The third-order valence-electron chi connectivity index (χ3n) is 3.08. The van der Waals surface area contributed by atoms with E-state index in [2.05, 4.69) is 10.6 Å². The first-order chi connectivity index (χ1) is 9.97. The molecule has 0 saturated heterocycles. The zero-order valence-electron chi connectivity index (χ0n) is 12.8. The summed E-state index contributed by atoms with van der Waals surface area (Å²) in [7, 11) is 1.55. The number of anilines is 1. The van der Waals surface area contributed by atoms with Crippen LogP contribution in [0.25, 0.3) is 0 Å². The van der Waals surface area contributed by atoms with Gasteiger partial charge in [0.2, 0.25) is 5.91 Å². The van der Waals surface area contributed by atoms with Crippen LogP contribution in [0.3, 0.4) is 0 Å². The Balaban J connectivity index is 2.69. The molecule has 1 aromatic rings. The van der Waals surface area contributed by atoms with Crippen molar-refractivity contribution in [1.82, 2.24) is 10.2 Å². The van der Waals surface area contributed by atoms with Crippen molar-refractivity contribution in [2.45, 2.75) is 26.3 Å². The SMILES string of the molecule is CCCN(CC(=O)NC)C(=O)Nc1ccc(C(C)N)cc1. The molecule has 21 heavy (non-hydrogen) atoms. The molecular weight excluding hydrogens is 268 g/mol. The maximum absolute atomic E-state index is 12.2. The maximum Gasteiger partial charge on any atom is 0.322 e. The summed E-state index contributed by atoms with van der Waals surface area (Å²) in [6.07, 6.45) is 0.786. The number of hydrogen-bond donors (Lipinski definition) is 3. The number of urea groups is 1. The maximum atomic E-state index is 12.2. The second-order valence-corrected chi connectivity index (χ2v) is 4.94. The van der Waals surface area contributed by atoms with Gasteiger partial charge in [-0.1, -0.05) is 19.1 Å². The number of nitrogens with two attached hydrogens (primary N) is 1. The molecule has 0 aromatic heterocycles. The van der Waals surface area contributed by atoms with Gasteiger partial charge in [-0.15, -0.1) is 0 Å². The molecule has 6 nitrogen and oxygen atoms in total. The summed E-state index contributed by atoms with van der Waals surface area (Å²) in [6.45, 7) is 4.44. The molecule has 1 aromatic carbocycles. The molecule has 1 unspecified atom stereocenters. The summed E-state index contributed by atoms with van der Waals surface area (Å²) >= 11 is 0. The Kier molecular flexibility index (Phi) is 6.68. The van der Waals surface area contributed by atoms with Gasteiger partial charge in [-0.3, -0.25) is 4.79 Å². The van der Waals surface area contributed by atoms with Crippen LogP contribution in [-0.2, 0) is 4.79 Å². The average molecular weight is 292 g/mol. The van der Waals surface area contributed by atoms with Crippen LogP contribution < -0.4 is 16.4 Å². The lowest BCUT2D eigenvalue weighted by Crippen LogP contribution is -2.42. The van der Waals surface area contributed by atoms with Gasteiger partial charge in [0.05, 0.1) is 0 Å². The Morgan fingerprint density at radius 1 is 1.29 bits per heavy atom. The number of nitrogens with one attached hydrogen (secondary N) is 2. The van der Waals surface area contributed by atoms with E-state index >= 15 is 0 Å². The van der Waals surface area contributed by atoms with Crippen LogP contribution >= 0.6 is 0 Å². The molecule has 0 spiro atoms. The smallest absolute Gasteiger partial charge is 0.322 e. The Labute approximate surface area is 125 Å². The molecular formula is C15H24N4O2. The van der Waals surface area contributed by atoms with Gasteiger partial charge in [-0.25, -0.2) is 4.79 Å². The predicted octanol–water partition coefficient (Wildman–Crippen LogP) is 1.70. The molecule has 0 fully saturated rings. The van der Waals surface area contributed by atoms with Crippen molar-refractivity contribution < 1.29 is 9.59 Å². The van der Waals surface area contributed by atoms with E-state index in [1.807, 2.05) is 26.0 Å². The largest absolute Gasteiger partial charge is 0.358 e. The number of benzene rings is 1. The lowest BCUT2D eigenvalue weighted by atomic mass is 10.1. The minimum Gasteiger partial charge on any atom is -0.358 e. The van der Waals surface area contributed by atoms with Gasteiger partial charge < -0.3 is 21.3 Å². The van der Waals surface area contributed by atoms with Gasteiger partial charge in [-0.05, 0) is 31.0 Å². The topological polar surface area (TPSA) is 87.5 Å². The van der Waals surface area contributed by atoms with Crippen LogP contribution in [-0.4, -0.2) is 37.0 Å². The molecule has 0 aliphatic rings. The number of nitrogens with zero attached hydrogens (tertiary/aromatic N) is 1. The summed E-state index contributed by atoms with van der Waals surface area (Å²) < 4.78 is 0. The number of amides is 3. The van der Waals surface area contributed by atoms with Crippen LogP contribution in [0.1, 0.15) is 31.9 Å². The summed E-state index contributed by atoms with van der Waals surface area (Å²) in [6, 6.07) is 7.04. The highest BCUT2D eigenvalue weighted by molar-refractivity contribution is 5.92. The summed E-state index contributed by atoms with van der Waals surface area (Å²) in [4.78, 5) is 25.1. The van der Waals surface area contributed by atoms with Crippen LogP contribution in [0, 0.1) is 0 Å². The zero-order valence-corrected chi connectivity index (χ0v) is 12.8. The Morgan fingerprint density at radius 2 is 1.90 bits per heavy atom. The normalized spacial score (nSPS) is 11.6. The minimum atomic E-state index is -0.283. The van der Waals surface area contributed by atoms with E-state index in [0.717, 1.165) is 12.0 Å². The highest BCUT2D eigenvalue weighted by Crippen LogP contribution is 2.14. The van der Waals surface area contributed by atoms with E-state index in [9.17, 15) is 9.59 Å². The molecule has 4 N–H and O–H groups in total. The zero-order chi connectivity index (χ0) is 15.8. The van der Waals surface area contributed by atoms with E-state index in [0.29, 0.717) is 12.2 Å². The molecule has 6 heteroatoms. The molecule has 0 aliphatic heterocycles. The van der Waals surface area contributed by atoms with Crippen molar-refractivity contribution in [3.63, 3.8) is 0 Å². The fraction of sp³-hybridized carbons (Fsp3) is 0.467. The summed E-state index contributed by atoms with van der Waals surface area (Å²) in [5, 5.41) is 5.31. The first-order valence-electron chi connectivity index (χ1n) is 7.10. The monoisotopic (exact) mass is 292 g/mol. The minimum absolute atomic E-state index is 0.0420. The van der Waals surface area contributed by atoms with Crippen LogP contribution in [0.4, 0.5) is 10.5 Å². The van der Waals surface area contributed by atoms with Crippen molar-refractivity contribution in [3.8, 4) is 0 Å². The van der Waals surface area contributed by atoms with Crippen molar-refractivity contribution >= 4 is 17.6 Å². The van der Waals surface area contributed by atoms with Gasteiger partial charge in [0.1, 0.15) is 6.54 Å². The summed E-state index contributed by atoms with van der Waals surface area (Å²) in [5.74, 6) is -0.189. The number of hydrogen-bond acceptors (Lipinski definition) is 3. The number of carbonyl (C=O) groups is 2. The van der Waals surface area contributed by atoms with E-state index in [-0.39, 0.29) is 24.5 Å². The van der Waals surface area contributed by atoms with Gasteiger partial charge in [-0.2, -0.15) is 0 Å². The van der Waals surface area contributed by atoms with E-state index in [1.54, 1.807) is 19.2 Å². The summed E-state index contributed by atoms with van der Waals surface area (Å²) in [5.41, 5.74) is 7.47. The molecule has 0 saturated carbocycles. The van der Waals surface area contributed by atoms with Crippen LogP contribution in [0.5, 0.6) is 0 Å². The highest BCUT2D eigenvalue weighted by Gasteiger charge is 2.15. The highest BCUT2D eigenvalue weighted by atomic mass is 16.2. The molecule has 1 rings (SSSR count). The molecule has 0 heterocycles. The predicted molar refractivity (Wildman–Crippen MR) is 84.0 cm³/mol. The van der Waals surface area contributed by atoms with Crippen LogP contribution in [0.15, 0.2) is 24.3 Å². The Hall–Kier alpha value is -2.08. The fourth-order valence-corrected chi connectivity index (χ4v) is 1.85. The van der Waals surface area contributed by atoms with Crippen molar-refractivity contribution in [2.24, 2.45) is 5.73 Å². The second kappa shape index (κ2) is 8.26. The van der Waals surface area contributed by atoms with Crippen LogP contribution in [0.2, 0.25) is 0 Å². The van der Waals surface area contributed by atoms with Gasteiger partial charge in [0.25, 0.3) is 0 Å². The number of carbonyl (C=O) groups excluding carboxylic acids is 2.